The molecule has 0 unspecified atom stereocenters. The first kappa shape index (κ1) is 31.8. The Bertz CT molecular complexity index is 1560. The lowest BCUT2D eigenvalue weighted by Gasteiger charge is -2.26. The molecule has 0 bridgehead atoms. The van der Waals surface area contributed by atoms with E-state index in [0.717, 1.165) is 38.4 Å². The fourth-order valence-electron chi connectivity index (χ4n) is 4.27. The summed E-state index contributed by atoms with van der Waals surface area (Å²) in [4.78, 5) is 26.6. The van der Waals surface area contributed by atoms with Gasteiger partial charge in [-0.1, -0.05) is 29.8 Å². The van der Waals surface area contributed by atoms with E-state index < -0.39 is 39.9 Å². The number of ether oxygens (including phenoxy) is 1. The van der Waals surface area contributed by atoms with Gasteiger partial charge in [0.25, 0.3) is 21.8 Å². The number of halogens is 4. The zero-order valence-electron chi connectivity index (χ0n) is 22.8. The van der Waals surface area contributed by atoms with Crippen molar-refractivity contribution in [2.45, 2.75) is 30.3 Å². The molecule has 1 aliphatic rings. The van der Waals surface area contributed by atoms with Crippen LogP contribution in [-0.4, -0.2) is 57.6 Å². The Morgan fingerprint density at radius 1 is 1.00 bits per heavy atom. The maximum Gasteiger partial charge on any atom is 0.416 e. The third-order valence-corrected chi connectivity index (χ3v) is 8.61. The highest BCUT2D eigenvalue weighted by Gasteiger charge is 2.34. The van der Waals surface area contributed by atoms with Crippen LogP contribution in [0.25, 0.3) is 0 Å². The maximum absolute atomic E-state index is 13.4. The van der Waals surface area contributed by atoms with E-state index in [4.69, 9.17) is 16.3 Å². The standard InChI is InChI=1S/C29H28ClF3N4O5S/c30-25-14-11-22(29(31,32)33)17-26(25)37(43(40,41)24-7-3-1-4-8-24)19-27(38)35-34-18-21-9-12-23(13-10-21)42-20-28(39)36-15-5-2-6-16-36/h1,3-4,7-14,17-18H,2,5-6,15-16,19-20H2,(H,35,38)/b34-18+. The molecule has 1 N–H and O–H groups in total. The van der Waals surface area contributed by atoms with Crippen molar-refractivity contribution in [2.75, 3.05) is 30.5 Å². The lowest BCUT2D eigenvalue weighted by molar-refractivity contribution is -0.137. The van der Waals surface area contributed by atoms with E-state index >= 15 is 0 Å². The van der Waals surface area contributed by atoms with Crippen molar-refractivity contribution >= 4 is 45.3 Å². The minimum absolute atomic E-state index is 0.0807. The number of carbonyl (C=O) groups excluding carboxylic acids is 2. The number of hydrogen-bond acceptors (Lipinski definition) is 6. The Morgan fingerprint density at radius 2 is 1.67 bits per heavy atom. The van der Waals surface area contributed by atoms with Crippen molar-refractivity contribution in [2.24, 2.45) is 5.10 Å². The van der Waals surface area contributed by atoms with Gasteiger partial charge in [0.15, 0.2) is 6.61 Å². The number of carbonyl (C=O) groups is 2. The molecule has 9 nitrogen and oxygen atoms in total. The van der Waals surface area contributed by atoms with Crippen molar-refractivity contribution in [1.29, 1.82) is 0 Å². The number of nitrogens with one attached hydrogen (secondary N) is 1. The van der Waals surface area contributed by atoms with Gasteiger partial charge in [-0.05, 0) is 79.4 Å². The van der Waals surface area contributed by atoms with E-state index in [1.165, 1.54) is 30.5 Å². The van der Waals surface area contributed by atoms with E-state index in [1.54, 1.807) is 35.2 Å². The molecule has 0 saturated carbocycles. The highest BCUT2D eigenvalue weighted by atomic mass is 35.5. The number of rotatable bonds is 10. The summed E-state index contributed by atoms with van der Waals surface area (Å²) in [7, 11) is -4.51. The van der Waals surface area contributed by atoms with Crippen molar-refractivity contribution in [3.63, 3.8) is 0 Å². The van der Waals surface area contributed by atoms with Gasteiger partial charge in [0.2, 0.25) is 0 Å². The number of hydrogen-bond donors (Lipinski definition) is 1. The second kappa shape index (κ2) is 13.9. The Morgan fingerprint density at radius 3 is 2.33 bits per heavy atom. The number of benzene rings is 3. The fraction of sp³-hybridized carbons (Fsp3) is 0.276. The zero-order chi connectivity index (χ0) is 31.0. The third kappa shape index (κ3) is 8.48. The first-order valence-corrected chi connectivity index (χ1v) is 15.0. The second-order valence-electron chi connectivity index (χ2n) is 9.58. The molecular weight excluding hydrogens is 609 g/mol. The molecule has 228 valence electrons. The van der Waals surface area contributed by atoms with Gasteiger partial charge in [0.05, 0.1) is 27.4 Å². The fourth-order valence-corrected chi connectivity index (χ4v) is 6.00. The molecule has 43 heavy (non-hydrogen) atoms. The van der Waals surface area contributed by atoms with Gasteiger partial charge < -0.3 is 9.64 Å². The third-order valence-electron chi connectivity index (χ3n) is 6.51. The molecule has 0 aliphatic carbocycles. The minimum Gasteiger partial charge on any atom is -0.484 e. The minimum atomic E-state index is -4.78. The van der Waals surface area contributed by atoms with E-state index in [2.05, 4.69) is 10.5 Å². The van der Waals surface area contributed by atoms with E-state index in [-0.39, 0.29) is 22.4 Å². The Balaban J connectivity index is 1.43. The van der Waals surface area contributed by atoms with E-state index in [0.29, 0.717) is 27.8 Å². The molecule has 0 aromatic heterocycles. The van der Waals surface area contributed by atoms with Crippen LogP contribution in [0.1, 0.15) is 30.4 Å². The van der Waals surface area contributed by atoms with Crippen LogP contribution in [0.15, 0.2) is 82.8 Å². The molecule has 1 heterocycles. The summed E-state index contributed by atoms with van der Waals surface area (Å²) in [5.74, 6) is -0.547. The second-order valence-corrected chi connectivity index (χ2v) is 11.9. The summed E-state index contributed by atoms with van der Waals surface area (Å²) in [6.07, 6.45) is -0.416. The van der Waals surface area contributed by atoms with Gasteiger partial charge >= 0.3 is 6.18 Å². The zero-order valence-corrected chi connectivity index (χ0v) is 24.3. The molecule has 3 aromatic rings. The molecule has 1 aliphatic heterocycles. The normalized spacial score (nSPS) is 14.0. The molecule has 3 aromatic carbocycles. The quantitative estimate of drug-likeness (QED) is 0.246. The smallest absolute Gasteiger partial charge is 0.416 e. The first-order valence-electron chi connectivity index (χ1n) is 13.2. The molecule has 0 radical (unpaired) electrons. The van der Waals surface area contributed by atoms with Crippen LogP contribution in [0.3, 0.4) is 0 Å². The number of amides is 2. The summed E-state index contributed by atoms with van der Waals surface area (Å²) in [5.41, 5.74) is 1.08. The SMILES string of the molecule is O=C(CN(c1cc(C(F)(F)F)ccc1Cl)S(=O)(=O)c1ccccc1)N/N=C/c1ccc(OCC(=O)N2CCCCC2)cc1. The van der Waals surface area contributed by atoms with Gasteiger partial charge in [0.1, 0.15) is 12.3 Å². The molecule has 1 fully saturated rings. The van der Waals surface area contributed by atoms with Crippen LogP contribution in [0.5, 0.6) is 5.75 Å². The number of anilines is 1. The predicted molar refractivity (Wildman–Crippen MR) is 156 cm³/mol. The van der Waals surface area contributed by atoms with Crippen molar-refractivity contribution in [3.05, 3.63) is 88.9 Å². The van der Waals surface area contributed by atoms with Gasteiger partial charge in [-0.2, -0.15) is 18.3 Å². The van der Waals surface area contributed by atoms with Gasteiger partial charge in [-0.3, -0.25) is 13.9 Å². The van der Waals surface area contributed by atoms with Crippen LogP contribution in [0, 0.1) is 0 Å². The van der Waals surface area contributed by atoms with E-state index in [1.807, 2.05) is 0 Å². The lowest BCUT2D eigenvalue weighted by atomic mass is 10.1. The molecular formula is C29H28ClF3N4O5S. The summed E-state index contributed by atoms with van der Waals surface area (Å²) in [6, 6.07) is 15.6. The van der Waals surface area contributed by atoms with Gasteiger partial charge in [-0.25, -0.2) is 13.8 Å². The highest BCUT2D eigenvalue weighted by Crippen LogP contribution is 2.37. The van der Waals surface area contributed by atoms with Crippen molar-refractivity contribution in [1.82, 2.24) is 10.3 Å². The maximum atomic E-state index is 13.4. The van der Waals surface area contributed by atoms with Gasteiger partial charge in [-0.15, -0.1) is 0 Å². The summed E-state index contributed by atoms with van der Waals surface area (Å²) in [6.45, 7) is 0.466. The number of hydrazone groups is 1. The van der Waals surface area contributed by atoms with Crippen LogP contribution < -0.4 is 14.5 Å². The number of piperidine rings is 1. The summed E-state index contributed by atoms with van der Waals surface area (Å²) >= 11 is 6.13. The Labute approximate surface area is 251 Å². The highest BCUT2D eigenvalue weighted by molar-refractivity contribution is 7.92. The first-order chi connectivity index (χ1) is 20.4. The largest absolute Gasteiger partial charge is 0.484 e. The monoisotopic (exact) mass is 636 g/mol. The molecule has 1 saturated heterocycles. The van der Waals surface area contributed by atoms with Crippen molar-refractivity contribution < 1.29 is 35.9 Å². The Hall–Kier alpha value is -4.10. The number of sulfonamides is 1. The van der Waals surface area contributed by atoms with Crippen LogP contribution in [-0.2, 0) is 25.8 Å². The molecule has 0 atom stereocenters. The van der Waals surface area contributed by atoms with Gasteiger partial charge in [0, 0.05) is 13.1 Å². The number of likely N-dealkylation sites (tertiary alicyclic amines) is 1. The lowest BCUT2D eigenvalue weighted by Crippen LogP contribution is -2.40. The average molecular weight is 637 g/mol. The number of nitrogens with zero attached hydrogens (tertiary/aromatic N) is 3. The summed E-state index contributed by atoms with van der Waals surface area (Å²) < 4.78 is 73.2. The molecule has 4 rings (SSSR count). The van der Waals surface area contributed by atoms with Crippen LogP contribution >= 0.6 is 11.6 Å². The summed E-state index contributed by atoms with van der Waals surface area (Å²) in [5, 5.41) is 3.52. The molecule has 14 heteroatoms. The van der Waals surface area contributed by atoms with Crippen molar-refractivity contribution in [3.8, 4) is 5.75 Å². The molecule has 0 spiro atoms. The molecule has 2 amide bonds. The number of alkyl halides is 3. The Kier molecular flexibility index (Phi) is 10.3. The predicted octanol–water partition coefficient (Wildman–Crippen LogP) is 5.10. The topological polar surface area (TPSA) is 108 Å². The van der Waals surface area contributed by atoms with E-state index in [9.17, 15) is 31.2 Å². The van der Waals surface area contributed by atoms with Crippen LogP contribution in [0.4, 0.5) is 18.9 Å². The van der Waals surface area contributed by atoms with Crippen LogP contribution in [0.2, 0.25) is 5.02 Å². The average Bonchev–Trinajstić information content (AvgIpc) is 3.00.